The summed E-state index contributed by atoms with van der Waals surface area (Å²) < 4.78 is 0. The van der Waals surface area contributed by atoms with E-state index in [-0.39, 0.29) is 5.38 Å². The Kier molecular flexibility index (Phi) is 5.06. The smallest absolute Gasteiger partial charge is 0.0927 e. The van der Waals surface area contributed by atoms with Gasteiger partial charge in [0.25, 0.3) is 0 Å². The van der Waals surface area contributed by atoms with Crippen LogP contribution in [0, 0.1) is 5.92 Å². The predicted molar refractivity (Wildman–Crippen MR) is 86.4 cm³/mol. The third-order valence-electron chi connectivity index (χ3n) is 3.20. The molecule has 1 unspecified atom stereocenters. The quantitative estimate of drug-likeness (QED) is 0.608. The van der Waals surface area contributed by atoms with Gasteiger partial charge in [-0.05, 0) is 42.0 Å². The van der Waals surface area contributed by atoms with Crippen molar-refractivity contribution < 1.29 is 0 Å². The average Bonchev–Trinajstić information content (AvgIpc) is 2.87. The van der Waals surface area contributed by atoms with Gasteiger partial charge >= 0.3 is 0 Å². The fourth-order valence-corrected chi connectivity index (χ4v) is 3.49. The van der Waals surface area contributed by atoms with Gasteiger partial charge in [-0.2, -0.15) is 0 Å². The number of alkyl halides is 1. The summed E-state index contributed by atoms with van der Waals surface area (Å²) in [5.41, 5.74) is 2.58. The SMILES string of the molecule is CCc1ccc(C(Cl)c2ccc(CC(C)C)cc2)s1. The van der Waals surface area contributed by atoms with Crippen molar-refractivity contribution in [3.63, 3.8) is 0 Å². The summed E-state index contributed by atoms with van der Waals surface area (Å²) in [6, 6.07) is 13.1. The van der Waals surface area contributed by atoms with E-state index in [1.807, 2.05) is 11.3 Å². The normalized spacial score (nSPS) is 12.9. The molecule has 0 aliphatic heterocycles. The molecule has 0 aliphatic rings. The van der Waals surface area contributed by atoms with Gasteiger partial charge in [-0.1, -0.05) is 45.0 Å². The first-order chi connectivity index (χ1) is 9.10. The van der Waals surface area contributed by atoms with Crippen molar-refractivity contribution in [2.24, 2.45) is 5.92 Å². The van der Waals surface area contributed by atoms with Crippen LogP contribution < -0.4 is 0 Å². The number of hydrogen-bond acceptors (Lipinski definition) is 1. The van der Waals surface area contributed by atoms with E-state index in [0.29, 0.717) is 5.92 Å². The lowest BCUT2D eigenvalue weighted by Gasteiger charge is -2.10. The van der Waals surface area contributed by atoms with Crippen LogP contribution in [-0.2, 0) is 12.8 Å². The number of benzene rings is 1. The second kappa shape index (κ2) is 6.58. The van der Waals surface area contributed by atoms with Crippen molar-refractivity contribution in [1.29, 1.82) is 0 Å². The maximum atomic E-state index is 6.57. The number of rotatable bonds is 5. The van der Waals surface area contributed by atoms with Crippen LogP contribution in [0.25, 0.3) is 0 Å². The van der Waals surface area contributed by atoms with Crippen LogP contribution in [0.5, 0.6) is 0 Å². The van der Waals surface area contributed by atoms with Crippen molar-refractivity contribution in [3.8, 4) is 0 Å². The van der Waals surface area contributed by atoms with Crippen LogP contribution in [-0.4, -0.2) is 0 Å². The number of thiophene rings is 1. The Hall–Kier alpha value is -0.790. The summed E-state index contributed by atoms with van der Waals surface area (Å²) in [5, 5.41) is -0.0154. The van der Waals surface area contributed by atoms with E-state index in [4.69, 9.17) is 11.6 Å². The highest BCUT2D eigenvalue weighted by molar-refractivity contribution is 7.12. The van der Waals surface area contributed by atoms with E-state index in [1.165, 1.54) is 20.9 Å². The first-order valence-electron chi connectivity index (χ1n) is 6.91. The molecule has 0 saturated carbocycles. The molecule has 2 aromatic rings. The Morgan fingerprint density at radius 3 is 2.26 bits per heavy atom. The van der Waals surface area contributed by atoms with Crippen molar-refractivity contribution in [1.82, 2.24) is 0 Å². The van der Waals surface area contributed by atoms with E-state index in [9.17, 15) is 0 Å². The molecule has 2 heteroatoms. The first kappa shape index (κ1) is 14.6. The number of aryl methyl sites for hydroxylation is 1. The summed E-state index contributed by atoms with van der Waals surface area (Å²) in [6.45, 7) is 6.67. The van der Waals surface area contributed by atoms with E-state index in [0.717, 1.165) is 12.8 Å². The molecule has 1 aromatic heterocycles. The highest BCUT2D eigenvalue weighted by Crippen LogP contribution is 2.34. The van der Waals surface area contributed by atoms with Crippen molar-refractivity contribution in [2.45, 2.75) is 39.0 Å². The minimum absolute atomic E-state index is 0.0154. The lowest BCUT2D eigenvalue weighted by Crippen LogP contribution is -1.95. The summed E-state index contributed by atoms with van der Waals surface area (Å²) in [4.78, 5) is 2.65. The molecule has 0 N–H and O–H groups in total. The standard InChI is InChI=1S/C17H21ClS/c1-4-15-9-10-16(19-15)17(18)14-7-5-13(6-8-14)11-12(2)3/h5-10,12,17H,4,11H2,1-3H3. The summed E-state index contributed by atoms with van der Waals surface area (Å²) >= 11 is 8.39. The second-order valence-electron chi connectivity index (χ2n) is 5.36. The van der Waals surface area contributed by atoms with Crippen LogP contribution in [0.1, 0.15) is 47.0 Å². The van der Waals surface area contributed by atoms with Gasteiger partial charge in [-0.15, -0.1) is 22.9 Å². The largest absolute Gasteiger partial charge is 0.143 e. The monoisotopic (exact) mass is 292 g/mol. The highest BCUT2D eigenvalue weighted by atomic mass is 35.5. The first-order valence-corrected chi connectivity index (χ1v) is 8.17. The van der Waals surface area contributed by atoms with Crippen LogP contribution in [0.3, 0.4) is 0 Å². The van der Waals surface area contributed by atoms with Gasteiger partial charge < -0.3 is 0 Å². The molecule has 0 nitrogen and oxygen atoms in total. The van der Waals surface area contributed by atoms with E-state index in [2.05, 4.69) is 57.2 Å². The van der Waals surface area contributed by atoms with Gasteiger partial charge in [-0.3, -0.25) is 0 Å². The molecule has 2 rings (SSSR count). The van der Waals surface area contributed by atoms with Gasteiger partial charge in [0.15, 0.2) is 0 Å². The van der Waals surface area contributed by atoms with Crippen LogP contribution in [0.2, 0.25) is 0 Å². The van der Waals surface area contributed by atoms with Crippen molar-refractivity contribution in [3.05, 3.63) is 57.3 Å². The maximum absolute atomic E-state index is 6.57. The topological polar surface area (TPSA) is 0 Å². The zero-order valence-corrected chi connectivity index (χ0v) is 13.4. The zero-order valence-electron chi connectivity index (χ0n) is 11.8. The Bertz CT molecular complexity index is 510. The summed E-state index contributed by atoms with van der Waals surface area (Å²) in [5.74, 6) is 0.696. The predicted octanol–water partition coefficient (Wildman–Crippen LogP) is 5.84. The van der Waals surface area contributed by atoms with E-state index in [1.54, 1.807) is 0 Å². The van der Waals surface area contributed by atoms with Gasteiger partial charge in [0, 0.05) is 9.75 Å². The van der Waals surface area contributed by atoms with E-state index < -0.39 is 0 Å². The Labute approximate surface area is 125 Å². The van der Waals surface area contributed by atoms with Crippen LogP contribution in [0.4, 0.5) is 0 Å². The molecule has 1 aromatic carbocycles. The van der Waals surface area contributed by atoms with Gasteiger partial charge in [-0.25, -0.2) is 0 Å². The van der Waals surface area contributed by atoms with E-state index >= 15 is 0 Å². The molecule has 19 heavy (non-hydrogen) atoms. The van der Waals surface area contributed by atoms with Crippen LogP contribution in [0.15, 0.2) is 36.4 Å². The molecule has 0 fully saturated rings. The fourth-order valence-electron chi connectivity index (χ4n) is 2.18. The van der Waals surface area contributed by atoms with Gasteiger partial charge in [0.2, 0.25) is 0 Å². The molecule has 0 spiro atoms. The molecule has 1 atom stereocenters. The third kappa shape index (κ3) is 3.84. The number of halogens is 1. The maximum Gasteiger partial charge on any atom is 0.0927 e. The molecule has 0 bridgehead atoms. The summed E-state index contributed by atoms with van der Waals surface area (Å²) in [7, 11) is 0. The average molecular weight is 293 g/mol. The molecule has 102 valence electrons. The van der Waals surface area contributed by atoms with Crippen LogP contribution >= 0.6 is 22.9 Å². The lowest BCUT2D eigenvalue weighted by molar-refractivity contribution is 0.647. The molecule has 0 amide bonds. The zero-order chi connectivity index (χ0) is 13.8. The Balaban J connectivity index is 2.12. The summed E-state index contributed by atoms with van der Waals surface area (Å²) in [6.07, 6.45) is 2.22. The fraction of sp³-hybridized carbons (Fsp3) is 0.412. The molecule has 0 aliphatic carbocycles. The Morgan fingerprint density at radius 2 is 1.74 bits per heavy atom. The molecular weight excluding hydrogens is 272 g/mol. The minimum Gasteiger partial charge on any atom is -0.143 e. The number of hydrogen-bond donors (Lipinski definition) is 0. The molecule has 0 saturated heterocycles. The third-order valence-corrected chi connectivity index (χ3v) is 5.11. The molecule has 1 heterocycles. The molecule has 0 radical (unpaired) electrons. The Morgan fingerprint density at radius 1 is 1.05 bits per heavy atom. The van der Waals surface area contributed by atoms with Gasteiger partial charge in [0.05, 0.1) is 5.38 Å². The van der Waals surface area contributed by atoms with Crippen molar-refractivity contribution >= 4 is 22.9 Å². The van der Waals surface area contributed by atoms with Crippen molar-refractivity contribution in [2.75, 3.05) is 0 Å². The minimum atomic E-state index is -0.0154. The molecular formula is C17H21ClS. The lowest BCUT2D eigenvalue weighted by atomic mass is 10.0. The van der Waals surface area contributed by atoms with Gasteiger partial charge in [0.1, 0.15) is 0 Å². The highest BCUT2D eigenvalue weighted by Gasteiger charge is 2.13. The second-order valence-corrected chi connectivity index (χ2v) is 7.00.